The molecule has 0 aliphatic heterocycles. The van der Waals surface area contributed by atoms with E-state index < -0.39 is 0 Å². The topological polar surface area (TPSA) is 12.0 Å². The Balaban J connectivity index is 1.87. The van der Waals surface area contributed by atoms with E-state index in [1.165, 1.54) is 14.8 Å². The first kappa shape index (κ1) is 11.5. The summed E-state index contributed by atoms with van der Waals surface area (Å²) < 4.78 is 1.34. The highest BCUT2D eigenvalue weighted by molar-refractivity contribution is 14.1. The van der Waals surface area contributed by atoms with Gasteiger partial charge in [-0.25, -0.2) is 0 Å². The molecule has 0 amide bonds. The summed E-state index contributed by atoms with van der Waals surface area (Å²) in [4.78, 5) is 0. The van der Waals surface area contributed by atoms with Crippen molar-refractivity contribution >= 4 is 28.3 Å². The Morgan fingerprint density at radius 3 is 2.31 bits per heavy atom. The molecule has 2 rings (SSSR count). The fourth-order valence-corrected chi connectivity index (χ4v) is 2.26. The van der Waals surface area contributed by atoms with Crippen molar-refractivity contribution in [3.8, 4) is 0 Å². The number of benzene rings is 2. The Bertz CT molecular complexity index is 439. The van der Waals surface area contributed by atoms with Crippen LogP contribution in [-0.2, 0) is 6.42 Å². The zero-order valence-corrected chi connectivity index (χ0v) is 11.1. The molecule has 0 bridgehead atoms. The van der Waals surface area contributed by atoms with Gasteiger partial charge in [0.2, 0.25) is 0 Å². The predicted octanol–water partition coefficient (Wildman–Crippen LogP) is 3.95. The summed E-state index contributed by atoms with van der Waals surface area (Å²) in [7, 11) is 0. The van der Waals surface area contributed by atoms with E-state index in [9.17, 15) is 0 Å². The monoisotopic (exact) mass is 323 g/mol. The van der Waals surface area contributed by atoms with Gasteiger partial charge >= 0.3 is 0 Å². The molecular weight excluding hydrogens is 309 g/mol. The zero-order valence-electron chi connectivity index (χ0n) is 8.99. The van der Waals surface area contributed by atoms with Crippen molar-refractivity contribution < 1.29 is 0 Å². The number of hydrogen-bond acceptors (Lipinski definition) is 1. The van der Waals surface area contributed by atoms with Gasteiger partial charge in [-0.2, -0.15) is 0 Å². The molecule has 2 aromatic rings. The number of para-hydroxylation sites is 1. The molecule has 0 unspecified atom stereocenters. The molecule has 0 atom stereocenters. The summed E-state index contributed by atoms with van der Waals surface area (Å²) in [5.41, 5.74) is 2.60. The van der Waals surface area contributed by atoms with Gasteiger partial charge in [0.25, 0.3) is 0 Å². The summed E-state index contributed by atoms with van der Waals surface area (Å²) in [6.45, 7) is 0.976. The highest BCUT2D eigenvalue weighted by Gasteiger charge is 1.97. The third-order valence-corrected chi connectivity index (χ3v) is 3.51. The lowest BCUT2D eigenvalue weighted by atomic mass is 10.1. The normalized spacial score (nSPS) is 10.1. The van der Waals surface area contributed by atoms with Gasteiger partial charge in [0.05, 0.1) is 0 Å². The van der Waals surface area contributed by atoms with Crippen molar-refractivity contribution in [3.63, 3.8) is 0 Å². The Morgan fingerprint density at radius 2 is 1.56 bits per heavy atom. The fraction of sp³-hybridized carbons (Fsp3) is 0.143. The molecule has 0 saturated carbocycles. The van der Waals surface area contributed by atoms with Gasteiger partial charge in [0.15, 0.2) is 0 Å². The van der Waals surface area contributed by atoms with Crippen LogP contribution in [0, 0.1) is 3.57 Å². The number of rotatable bonds is 4. The van der Waals surface area contributed by atoms with Crippen molar-refractivity contribution in [3.05, 3.63) is 63.7 Å². The molecule has 0 heterocycles. The van der Waals surface area contributed by atoms with Crippen molar-refractivity contribution in [1.82, 2.24) is 0 Å². The number of nitrogens with one attached hydrogen (secondary N) is 1. The standard InChI is InChI=1S/C14H14IN/c15-14-9-5-4-6-12(14)10-11-16-13-7-2-1-3-8-13/h1-9,16H,10-11H2. The first-order valence-corrected chi connectivity index (χ1v) is 6.46. The summed E-state index contributed by atoms with van der Waals surface area (Å²) in [5, 5.41) is 3.42. The molecule has 0 aliphatic rings. The molecule has 82 valence electrons. The molecule has 2 heteroatoms. The minimum Gasteiger partial charge on any atom is -0.385 e. The molecule has 1 nitrogen and oxygen atoms in total. The second kappa shape index (κ2) is 5.89. The van der Waals surface area contributed by atoms with Gasteiger partial charge in [-0.15, -0.1) is 0 Å². The number of anilines is 1. The second-order valence-corrected chi connectivity index (χ2v) is 4.80. The largest absolute Gasteiger partial charge is 0.385 e. The molecular formula is C14H14IN. The highest BCUT2D eigenvalue weighted by atomic mass is 127. The zero-order chi connectivity index (χ0) is 11.2. The SMILES string of the molecule is Ic1ccccc1CCNc1ccccc1. The van der Waals surface area contributed by atoms with E-state index in [4.69, 9.17) is 0 Å². The van der Waals surface area contributed by atoms with E-state index in [1.54, 1.807) is 0 Å². The second-order valence-electron chi connectivity index (χ2n) is 3.63. The van der Waals surface area contributed by atoms with Crippen LogP contribution in [-0.4, -0.2) is 6.54 Å². The Hall–Kier alpha value is -1.03. The summed E-state index contributed by atoms with van der Waals surface area (Å²) in [6, 6.07) is 18.8. The van der Waals surface area contributed by atoms with Crippen molar-refractivity contribution in [2.45, 2.75) is 6.42 Å². The van der Waals surface area contributed by atoms with Crippen LogP contribution in [0.15, 0.2) is 54.6 Å². The summed E-state index contributed by atoms with van der Waals surface area (Å²) in [6.07, 6.45) is 1.06. The first-order chi connectivity index (χ1) is 7.86. The van der Waals surface area contributed by atoms with Gasteiger partial charge in [0, 0.05) is 15.8 Å². The molecule has 0 radical (unpaired) electrons. The fourth-order valence-electron chi connectivity index (χ4n) is 1.60. The lowest BCUT2D eigenvalue weighted by Crippen LogP contribution is -2.05. The Kier molecular flexibility index (Phi) is 4.22. The van der Waals surface area contributed by atoms with Crippen molar-refractivity contribution in [1.29, 1.82) is 0 Å². The lowest BCUT2D eigenvalue weighted by Gasteiger charge is -2.07. The van der Waals surface area contributed by atoms with Crippen LogP contribution in [0.25, 0.3) is 0 Å². The van der Waals surface area contributed by atoms with Crippen LogP contribution in [0.3, 0.4) is 0 Å². The molecule has 16 heavy (non-hydrogen) atoms. The third-order valence-electron chi connectivity index (χ3n) is 2.46. The van der Waals surface area contributed by atoms with Gasteiger partial charge < -0.3 is 5.32 Å². The van der Waals surface area contributed by atoms with E-state index >= 15 is 0 Å². The van der Waals surface area contributed by atoms with Crippen LogP contribution >= 0.6 is 22.6 Å². The third kappa shape index (κ3) is 3.23. The van der Waals surface area contributed by atoms with Gasteiger partial charge in [-0.3, -0.25) is 0 Å². The minimum atomic E-state index is 0.976. The van der Waals surface area contributed by atoms with E-state index in [0.29, 0.717) is 0 Å². The summed E-state index contributed by atoms with van der Waals surface area (Å²) >= 11 is 2.39. The number of hydrogen-bond donors (Lipinski definition) is 1. The average molecular weight is 323 g/mol. The van der Waals surface area contributed by atoms with E-state index in [-0.39, 0.29) is 0 Å². The minimum absolute atomic E-state index is 0.976. The number of halogens is 1. The lowest BCUT2D eigenvalue weighted by molar-refractivity contribution is 1.01. The van der Waals surface area contributed by atoms with Gasteiger partial charge in [0.1, 0.15) is 0 Å². The van der Waals surface area contributed by atoms with Crippen LogP contribution in [0.2, 0.25) is 0 Å². The van der Waals surface area contributed by atoms with Crippen LogP contribution in [0.4, 0.5) is 5.69 Å². The molecule has 0 fully saturated rings. The molecule has 2 aromatic carbocycles. The summed E-state index contributed by atoms with van der Waals surface area (Å²) in [5.74, 6) is 0. The van der Waals surface area contributed by atoms with E-state index in [2.05, 4.69) is 76.4 Å². The molecule has 0 saturated heterocycles. The predicted molar refractivity (Wildman–Crippen MR) is 77.8 cm³/mol. The first-order valence-electron chi connectivity index (χ1n) is 5.38. The molecule has 0 spiro atoms. The van der Waals surface area contributed by atoms with Gasteiger partial charge in [-0.05, 0) is 52.8 Å². The van der Waals surface area contributed by atoms with Crippen LogP contribution in [0.5, 0.6) is 0 Å². The quantitative estimate of drug-likeness (QED) is 0.840. The van der Waals surface area contributed by atoms with E-state index in [0.717, 1.165) is 13.0 Å². The van der Waals surface area contributed by atoms with Crippen LogP contribution in [0.1, 0.15) is 5.56 Å². The smallest absolute Gasteiger partial charge is 0.0340 e. The molecule has 1 N–H and O–H groups in total. The van der Waals surface area contributed by atoms with E-state index in [1.807, 2.05) is 6.07 Å². The maximum absolute atomic E-state index is 3.42. The Morgan fingerprint density at radius 1 is 0.875 bits per heavy atom. The highest BCUT2D eigenvalue weighted by Crippen LogP contribution is 2.12. The Labute approximate surface area is 110 Å². The average Bonchev–Trinajstić information content (AvgIpc) is 2.33. The molecule has 0 aliphatic carbocycles. The molecule has 0 aromatic heterocycles. The van der Waals surface area contributed by atoms with Crippen molar-refractivity contribution in [2.75, 3.05) is 11.9 Å². The van der Waals surface area contributed by atoms with Crippen molar-refractivity contribution in [2.24, 2.45) is 0 Å². The van der Waals surface area contributed by atoms with Gasteiger partial charge in [-0.1, -0.05) is 36.4 Å². The van der Waals surface area contributed by atoms with Crippen LogP contribution < -0.4 is 5.32 Å². The maximum Gasteiger partial charge on any atom is 0.0340 e. The maximum atomic E-state index is 3.42.